The number of rotatable bonds is 4. The van der Waals surface area contributed by atoms with E-state index >= 15 is 0 Å². The van der Waals surface area contributed by atoms with Gasteiger partial charge in [0, 0.05) is 33.1 Å². The zero-order valence-electron chi connectivity index (χ0n) is 17.3. The predicted octanol–water partition coefficient (Wildman–Crippen LogP) is 1.09. The van der Waals surface area contributed by atoms with Gasteiger partial charge in [0.2, 0.25) is 10.0 Å². The lowest BCUT2D eigenvalue weighted by molar-refractivity contribution is 0.314. The zero-order chi connectivity index (χ0) is 21.6. The van der Waals surface area contributed by atoms with Crippen molar-refractivity contribution in [2.75, 3.05) is 13.1 Å². The van der Waals surface area contributed by atoms with Crippen molar-refractivity contribution in [2.24, 2.45) is 14.1 Å². The Labute approximate surface area is 174 Å². The van der Waals surface area contributed by atoms with Gasteiger partial charge in [-0.2, -0.15) is 4.31 Å². The van der Waals surface area contributed by atoms with Gasteiger partial charge in [0.25, 0.3) is 5.56 Å². The second-order valence-corrected chi connectivity index (χ2v) is 9.64. The van der Waals surface area contributed by atoms with Crippen molar-refractivity contribution in [3.05, 3.63) is 56.5 Å². The molecule has 30 heavy (non-hydrogen) atoms. The number of hydrogen-bond acceptors (Lipinski definition) is 5. The summed E-state index contributed by atoms with van der Waals surface area (Å²) in [6, 6.07) is 7.02. The third-order valence-corrected chi connectivity index (χ3v) is 7.84. The summed E-state index contributed by atoms with van der Waals surface area (Å²) < 4.78 is 29.8. The first-order valence-electron chi connectivity index (χ1n) is 9.98. The third kappa shape index (κ3) is 3.29. The van der Waals surface area contributed by atoms with Crippen molar-refractivity contribution < 1.29 is 8.42 Å². The number of H-pyrrole nitrogens is 1. The Hall–Kier alpha value is -2.72. The fraction of sp³-hybridized carbons (Fsp3) is 0.450. The van der Waals surface area contributed by atoms with Crippen LogP contribution in [0.15, 0.2) is 38.8 Å². The van der Waals surface area contributed by atoms with Crippen LogP contribution in [0.1, 0.15) is 37.1 Å². The maximum atomic E-state index is 13.0. The number of fused-ring (bicyclic) bond motifs is 1. The normalized spacial score (nSPS) is 16.4. The minimum atomic E-state index is -3.54. The number of imidazole rings is 1. The molecule has 0 amide bonds. The minimum absolute atomic E-state index is 0.00822. The molecular weight excluding hydrogens is 406 g/mol. The summed E-state index contributed by atoms with van der Waals surface area (Å²) in [4.78, 5) is 32.4. The number of sulfonamides is 1. The van der Waals surface area contributed by atoms with Gasteiger partial charge in [0.05, 0.1) is 4.90 Å². The summed E-state index contributed by atoms with van der Waals surface area (Å²) in [6.45, 7) is 2.77. The van der Waals surface area contributed by atoms with Crippen LogP contribution in [-0.4, -0.2) is 44.9 Å². The van der Waals surface area contributed by atoms with Crippen molar-refractivity contribution in [1.29, 1.82) is 0 Å². The number of aryl methyl sites for hydroxylation is 2. The minimum Gasteiger partial charge on any atom is -0.336 e. The number of piperidine rings is 1. The molecule has 0 bridgehead atoms. The molecule has 1 aromatic carbocycles. The van der Waals surface area contributed by atoms with Crippen LogP contribution in [0.25, 0.3) is 11.2 Å². The van der Waals surface area contributed by atoms with E-state index in [1.807, 2.05) is 19.1 Å². The van der Waals surface area contributed by atoms with Crippen molar-refractivity contribution in [3.8, 4) is 0 Å². The summed E-state index contributed by atoms with van der Waals surface area (Å²) in [5, 5.41) is 0. The Balaban J connectivity index is 1.56. The number of hydrogen-bond donors (Lipinski definition) is 1. The van der Waals surface area contributed by atoms with Crippen molar-refractivity contribution in [2.45, 2.75) is 37.0 Å². The lowest BCUT2D eigenvalue weighted by Gasteiger charge is -2.30. The van der Waals surface area contributed by atoms with Gasteiger partial charge in [0.1, 0.15) is 11.3 Å². The van der Waals surface area contributed by atoms with Gasteiger partial charge < -0.3 is 4.98 Å². The lowest BCUT2D eigenvalue weighted by Crippen LogP contribution is -2.38. The van der Waals surface area contributed by atoms with Gasteiger partial charge in [-0.25, -0.2) is 18.2 Å². The number of aromatic nitrogens is 4. The van der Waals surface area contributed by atoms with Gasteiger partial charge in [-0.15, -0.1) is 0 Å². The molecule has 10 heteroatoms. The van der Waals surface area contributed by atoms with Gasteiger partial charge in [-0.05, 0) is 37.0 Å². The van der Waals surface area contributed by atoms with Crippen molar-refractivity contribution in [3.63, 3.8) is 0 Å². The molecule has 4 rings (SSSR count). The molecule has 1 N–H and O–H groups in total. The standard InChI is InChI=1S/C20H25N5O4S/c1-4-13-5-7-15(8-6-13)30(28,29)25-11-9-14(10-12-25)17-21-16-18(22-17)23(2)20(27)24(3)19(16)26/h5-8,14H,4,9-12H2,1-3H3,(H,21,22). The van der Waals surface area contributed by atoms with E-state index in [9.17, 15) is 18.0 Å². The average Bonchev–Trinajstić information content (AvgIpc) is 3.22. The fourth-order valence-electron chi connectivity index (χ4n) is 3.95. The van der Waals surface area contributed by atoms with Crippen LogP contribution in [0.5, 0.6) is 0 Å². The SMILES string of the molecule is CCc1ccc(S(=O)(=O)N2CCC(c3nc4c([nH]3)c(=O)n(C)c(=O)n4C)CC2)cc1. The Morgan fingerprint density at radius 3 is 2.30 bits per heavy atom. The lowest BCUT2D eigenvalue weighted by atomic mass is 9.97. The second-order valence-electron chi connectivity index (χ2n) is 7.70. The van der Waals surface area contributed by atoms with E-state index < -0.39 is 21.3 Å². The number of benzene rings is 1. The first-order chi connectivity index (χ1) is 14.2. The van der Waals surface area contributed by atoms with Gasteiger partial charge in [0.15, 0.2) is 5.65 Å². The van der Waals surface area contributed by atoms with Crippen LogP contribution in [0.3, 0.4) is 0 Å². The van der Waals surface area contributed by atoms with E-state index in [0.717, 1.165) is 16.6 Å². The zero-order valence-corrected chi connectivity index (χ0v) is 18.1. The largest absolute Gasteiger partial charge is 0.336 e. The molecule has 1 saturated heterocycles. The summed E-state index contributed by atoms with van der Waals surface area (Å²) in [6.07, 6.45) is 2.03. The molecule has 1 aliphatic rings. The van der Waals surface area contributed by atoms with Crippen molar-refractivity contribution >= 4 is 21.2 Å². The summed E-state index contributed by atoms with van der Waals surface area (Å²) in [5.74, 6) is 0.610. The summed E-state index contributed by atoms with van der Waals surface area (Å²) in [7, 11) is -0.529. The number of nitrogens with zero attached hydrogens (tertiary/aromatic N) is 4. The van der Waals surface area contributed by atoms with E-state index in [4.69, 9.17) is 0 Å². The summed E-state index contributed by atoms with van der Waals surface area (Å²) in [5.41, 5.74) is 0.867. The van der Waals surface area contributed by atoms with Gasteiger partial charge in [-0.3, -0.25) is 13.9 Å². The van der Waals surface area contributed by atoms with E-state index in [1.165, 1.54) is 15.9 Å². The molecule has 1 fully saturated rings. The van der Waals surface area contributed by atoms with E-state index in [2.05, 4.69) is 9.97 Å². The van der Waals surface area contributed by atoms with E-state index in [-0.39, 0.29) is 5.92 Å². The molecule has 9 nitrogen and oxygen atoms in total. The average molecular weight is 432 g/mol. The quantitative estimate of drug-likeness (QED) is 0.665. The molecule has 0 saturated carbocycles. The van der Waals surface area contributed by atoms with Crippen LogP contribution in [0.4, 0.5) is 0 Å². The van der Waals surface area contributed by atoms with Crippen LogP contribution in [-0.2, 0) is 30.5 Å². The molecule has 1 aliphatic heterocycles. The van der Waals surface area contributed by atoms with Crippen molar-refractivity contribution in [1.82, 2.24) is 23.4 Å². The van der Waals surface area contributed by atoms with Crippen LogP contribution < -0.4 is 11.2 Å². The van der Waals surface area contributed by atoms with Crippen LogP contribution in [0, 0.1) is 0 Å². The van der Waals surface area contributed by atoms with E-state index in [1.54, 1.807) is 19.2 Å². The molecule has 3 heterocycles. The molecular formula is C20H25N5O4S. The Morgan fingerprint density at radius 1 is 1.07 bits per heavy atom. The number of nitrogens with one attached hydrogen (secondary N) is 1. The van der Waals surface area contributed by atoms with Gasteiger partial charge in [-0.1, -0.05) is 19.1 Å². The monoisotopic (exact) mass is 431 g/mol. The maximum absolute atomic E-state index is 13.0. The predicted molar refractivity (Wildman–Crippen MR) is 113 cm³/mol. The molecule has 3 aromatic rings. The molecule has 0 aliphatic carbocycles. The first kappa shape index (κ1) is 20.5. The summed E-state index contributed by atoms with van der Waals surface area (Å²) >= 11 is 0. The number of aromatic amines is 1. The Kier molecular flexibility index (Phi) is 5.15. The second kappa shape index (κ2) is 7.51. The third-order valence-electron chi connectivity index (χ3n) is 5.92. The Morgan fingerprint density at radius 2 is 1.70 bits per heavy atom. The van der Waals surface area contributed by atoms with E-state index in [0.29, 0.717) is 47.8 Å². The molecule has 160 valence electrons. The van der Waals surface area contributed by atoms with Crippen LogP contribution >= 0.6 is 0 Å². The topological polar surface area (TPSA) is 110 Å². The highest BCUT2D eigenvalue weighted by Gasteiger charge is 2.31. The fourth-order valence-corrected chi connectivity index (χ4v) is 5.42. The first-order valence-corrected chi connectivity index (χ1v) is 11.4. The highest BCUT2D eigenvalue weighted by molar-refractivity contribution is 7.89. The highest BCUT2D eigenvalue weighted by Crippen LogP contribution is 2.30. The molecule has 2 aromatic heterocycles. The smallest absolute Gasteiger partial charge is 0.332 e. The molecule has 0 radical (unpaired) electrons. The molecule has 0 spiro atoms. The molecule has 0 atom stereocenters. The molecule has 0 unspecified atom stereocenters. The van der Waals surface area contributed by atoms with Crippen LogP contribution in [0.2, 0.25) is 0 Å². The Bertz CT molecular complexity index is 1310. The van der Waals surface area contributed by atoms with Gasteiger partial charge >= 0.3 is 5.69 Å². The highest BCUT2D eigenvalue weighted by atomic mass is 32.2. The maximum Gasteiger partial charge on any atom is 0.332 e.